The maximum absolute atomic E-state index is 13.6. The summed E-state index contributed by atoms with van der Waals surface area (Å²) in [6.45, 7) is 10.3. The van der Waals surface area contributed by atoms with E-state index in [0.29, 0.717) is 35.1 Å². The molecule has 9 nitrogen and oxygen atoms in total. The van der Waals surface area contributed by atoms with Gasteiger partial charge in [0.1, 0.15) is 10.5 Å². The van der Waals surface area contributed by atoms with Gasteiger partial charge in [-0.3, -0.25) is 14.9 Å². The fraction of sp³-hybridized carbons (Fsp3) is 0.360. The first-order valence-electron chi connectivity index (χ1n) is 11.3. The highest BCUT2D eigenvalue weighted by Gasteiger charge is 2.42. The van der Waals surface area contributed by atoms with Crippen LogP contribution in [0.15, 0.2) is 47.3 Å². The van der Waals surface area contributed by atoms with Gasteiger partial charge in [0.05, 0.1) is 11.8 Å². The summed E-state index contributed by atoms with van der Waals surface area (Å²) < 4.78 is 5.33. The quantitative estimate of drug-likeness (QED) is 0.485. The number of rotatable bonds is 4. The molecular weight excluding hydrogens is 466 g/mol. The van der Waals surface area contributed by atoms with Gasteiger partial charge in [-0.2, -0.15) is 0 Å². The molecule has 1 saturated heterocycles. The SMILES string of the molecule is CC(C)(C)c1cc(C(=O)N2CCNC(=O)C2(C)C)c(NC(=O)Nc2cccc(-c3cnco3)c2)s1. The zero-order valence-corrected chi connectivity index (χ0v) is 21.2. The van der Waals surface area contributed by atoms with Crippen LogP contribution in [0.5, 0.6) is 0 Å². The Labute approximate surface area is 207 Å². The molecule has 4 rings (SSSR count). The lowest BCUT2D eigenvalue weighted by molar-refractivity contribution is -0.133. The first kappa shape index (κ1) is 24.5. The van der Waals surface area contributed by atoms with Gasteiger partial charge < -0.3 is 20.0 Å². The van der Waals surface area contributed by atoms with E-state index in [1.165, 1.54) is 17.7 Å². The van der Waals surface area contributed by atoms with E-state index < -0.39 is 11.6 Å². The van der Waals surface area contributed by atoms with Crippen molar-refractivity contribution in [1.29, 1.82) is 0 Å². The van der Waals surface area contributed by atoms with Crippen LogP contribution in [0.1, 0.15) is 49.9 Å². The number of carbonyl (C=O) groups is 3. The Morgan fingerprint density at radius 3 is 2.66 bits per heavy atom. The number of urea groups is 1. The molecule has 1 fully saturated rings. The fourth-order valence-electron chi connectivity index (χ4n) is 3.79. The van der Waals surface area contributed by atoms with E-state index in [4.69, 9.17) is 4.42 Å². The molecule has 3 heterocycles. The highest BCUT2D eigenvalue weighted by atomic mass is 32.1. The lowest BCUT2D eigenvalue weighted by Crippen LogP contribution is -2.63. The number of anilines is 2. The summed E-state index contributed by atoms with van der Waals surface area (Å²) in [7, 11) is 0. The van der Waals surface area contributed by atoms with Crippen molar-refractivity contribution in [1.82, 2.24) is 15.2 Å². The third-order valence-corrected chi connectivity index (χ3v) is 7.34. The molecule has 1 aliphatic heterocycles. The van der Waals surface area contributed by atoms with E-state index in [9.17, 15) is 14.4 Å². The highest BCUT2D eigenvalue weighted by Crippen LogP contribution is 2.38. The molecule has 0 aliphatic carbocycles. The summed E-state index contributed by atoms with van der Waals surface area (Å²) in [5.74, 6) is 0.0877. The Morgan fingerprint density at radius 1 is 1.20 bits per heavy atom. The molecule has 184 valence electrons. The molecular formula is C25H29N5O4S. The molecule has 0 saturated carbocycles. The Balaban J connectivity index is 1.59. The van der Waals surface area contributed by atoms with Gasteiger partial charge in [-0.25, -0.2) is 9.78 Å². The molecule has 1 aromatic carbocycles. The van der Waals surface area contributed by atoms with Gasteiger partial charge in [-0.05, 0) is 37.5 Å². The molecule has 1 aliphatic rings. The molecule has 0 unspecified atom stereocenters. The molecule has 4 amide bonds. The first-order chi connectivity index (χ1) is 16.5. The van der Waals surface area contributed by atoms with Gasteiger partial charge >= 0.3 is 6.03 Å². The third-order valence-electron chi connectivity index (χ3n) is 5.86. The number of aromatic nitrogens is 1. The van der Waals surface area contributed by atoms with Crippen molar-refractivity contribution in [3.63, 3.8) is 0 Å². The van der Waals surface area contributed by atoms with E-state index >= 15 is 0 Å². The second-order valence-corrected chi connectivity index (χ2v) is 11.0. The Bertz CT molecular complexity index is 1260. The molecule has 0 atom stereocenters. The number of hydrogen-bond donors (Lipinski definition) is 3. The molecule has 10 heteroatoms. The average Bonchev–Trinajstić information content (AvgIpc) is 3.45. The lowest BCUT2D eigenvalue weighted by Gasteiger charge is -2.41. The summed E-state index contributed by atoms with van der Waals surface area (Å²) in [4.78, 5) is 45.4. The summed E-state index contributed by atoms with van der Waals surface area (Å²) >= 11 is 1.36. The minimum absolute atomic E-state index is 0.206. The number of nitrogens with one attached hydrogen (secondary N) is 3. The number of amides is 4. The zero-order valence-electron chi connectivity index (χ0n) is 20.4. The number of benzene rings is 1. The number of carbonyl (C=O) groups excluding carboxylic acids is 3. The minimum Gasteiger partial charge on any atom is -0.444 e. The van der Waals surface area contributed by atoms with Crippen molar-refractivity contribution in [2.24, 2.45) is 0 Å². The smallest absolute Gasteiger partial charge is 0.324 e. The zero-order chi connectivity index (χ0) is 25.4. The van der Waals surface area contributed by atoms with Crippen LogP contribution < -0.4 is 16.0 Å². The molecule has 2 aromatic heterocycles. The normalized spacial score (nSPS) is 15.5. The second kappa shape index (κ2) is 9.18. The van der Waals surface area contributed by atoms with E-state index in [0.717, 1.165) is 10.4 Å². The fourth-order valence-corrected chi connectivity index (χ4v) is 4.89. The van der Waals surface area contributed by atoms with E-state index in [2.05, 4.69) is 20.9 Å². The summed E-state index contributed by atoms with van der Waals surface area (Å²) in [6, 6.07) is 8.52. The van der Waals surface area contributed by atoms with Crippen LogP contribution in [-0.2, 0) is 10.2 Å². The van der Waals surface area contributed by atoms with Crippen molar-refractivity contribution in [3.05, 3.63) is 53.4 Å². The Hall–Kier alpha value is -3.66. The molecule has 0 radical (unpaired) electrons. The van der Waals surface area contributed by atoms with Gasteiger partial charge in [0, 0.05) is 29.2 Å². The highest BCUT2D eigenvalue weighted by molar-refractivity contribution is 7.16. The van der Waals surface area contributed by atoms with Crippen LogP contribution in [0.3, 0.4) is 0 Å². The van der Waals surface area contributed by atoms with Gasteiger partial charge in [0.2, 0.25) is 5.91 Å². The lowest BCUT2D eigenvalue weighted by atomic mass is 9.93. The average molecular weight is 496 g/mol. The van der Waals surface area contributed by atoms with Crippen LogP contribution in [0.25, 0.3) is 11.3 Å². The summed E-state index contributed by atoms with van der Waals surface area (Å²) in [6.07, 6.45) is 2.94. The van der Waals surface area contributed by atoms with Crippen molar-refractivity contribution in [2.45, 2.75) is 45.6 Å². The molecule has 3 N–H and O–H groups in total. The van der Waals surface area contributed by atoms with Crippen LogP contribution in [0, 0.1) is 0 Å². The van der Waals surface area contributed by atoms with Crippen LogP contribution >= 0.6 is 11.3 Å². The number of nitrogens with zero attached hydrogens (tertiary/aromatic N) is 2. The van der Waals surface area contributed by atoms with Crippen molar-refractivity contribution in [2.75, 3.05) is 23.7 Å². The summed E-state index contributed by atoms with van der Waals surface area (Å²) in [5, 5.41) is 8.91. The van der Waals surface area contributed by atoms with Crippen molar-refractivity contribution < 1.29 is 18.8 Å². The predicted octanol–water partition coefficient (Wildman–Crippen LogP) is 4.70. The summed E-state index contributed by atoms with van der Waals surface area (Å²) in [5.41, 5.74) is 0.475. The van der Waals surface area contributed by atoms with Gasteiger partial charge in [-0.1, -0.05) is 32.9 Å². The number of thiophene rings is 1. The van der Waals surface area contributed by atoms with Crippen LogP contribution in [-0.4, -0.2) is 46.4 Å². The first-order valence-corrected chi connectivity index (χ1v) is 12.1. The van der Waals surface area contributed by atoms with Crippen molar-refractivity contribution >= 4 is 39.9 Å². The number of oxazole rings is 1. The maximum atomic E-state index is 13.6. The largest absolute Gasteiger partial charge is 0.444 e. The molecule has 35 heavy (non-hydrogen) atoms. The monoisotopic (exact) mass is 495 g/mol. The maximum Gasteiger partial charge on any atom is 0.324 e. The molecule has 3 aromatic rings. The van der Waals surface area contributed by atoms with Gasteiger partial charge in [0.25, 0.3) is 5.91 Å². The third kappa shape index (κ3) is 5.07. The van der Waals surface area contributed by atoms with Gasteiger partial charge in [-0.15, -0.1) is 11.3 Å². The minimum atomic E-state index is -1.00. The Morgan fingerprint density at radius 2 is 1.97 bits per heavy atom. The second-order valence-electron chi connectivity index (χ2n) is 9.90. The topological polar surface area (TPSA) is 117 Å². The number of hydrogen-bond acceptors (Lipinski definition) is 6. The molecule has 0 spiro atoms. The Kier molecular flexibility index (Phi) is 6.42. The van der Waals surface area contributed by atoms with Crippen LogP contribution in [0.4, 0.5) is 15.5 Å². The van der Waals surface area contributed by atoms with Crippen LogP contribution in [0.2, 0.25) is 0 Å². The van der Waals surface area contributed by atoms with Crippen molar-refractivity contribution in [3.8, 4) is 11.3 Å². The predicted molar refractivity (Wildman–Crippen MR) is 136 cm³/mol. The number of piperazine rings is 1. The standard InChI is InChI=1S/C25H29N5O4S/c1-24(2,3)19-12-17(21(31)30-10-9-27-22(32)25(30,4)5)20(35-19)29-23(33)28-16-8-6-7-15(11-16)18-13-26-14-34-18/h6-8,11-14H,9-10H2,1-5H3,(H,27,32)(H2,28,29,33). The van der Waals surface area contributed by atoms with Gasteiger partial charge in [0.15, 0.2) is 12.2 Å². The van der Waals surface area contributed by atoms with E-state index in [1.54, 1.807) is 43.1 Å². The van der Waals surface area contributed by atoms with E-state index in [-0.39, 0.29) is 17.2 Å². The van der Waals surface area contributed by atoms with E-state index in [1.807, 2.05) is 32.9 Å². The molecule has 0 bridgehead atoms.